The van der Waals surface area contributed by atoms with Gasteiger partial charge in [-0.15, -0.1) is 0 Å². The maximum absolute atomic E-state index is 16.8. The van der Waals surface area contributed by atoms with Gasteiger partial charge in [0.25, 0.3) is 0 Å². The molecule has 2 saturated heterocycles. The Morgan fingerprint density at radius 1 is 1.23 bits per heavy atom. The van der Waals surface area contributed by atoms with Crippen LogP contribution in [0.5, 0.6) is 11.9 Å². The predicted octanol–water partition coefficient (Wildman–Crippen LogP) is 5.80. The maximum Gasteiger partial charge on any atom is 0.319 e. The summed E-state index contributed by atoms with van der Waals surface area (Å²) >= 11 is 6.67. The monoisotopic (exact) mass is 621 g/mol. The highest BCUT2D eigenvalue weighted by Gasteiger charge is 2.52. The summed E-state index contributed by atoms with van der Waals surface area (Å²) in [4.78, 5) is 22.0. The van der Waals surface area contributed by atoms with Crippen molar-refractivity contribution in [2.24, 2.45) is 5.92 Å². The third-order valence-corrected chi connectivity index (χ3v) is 10.8. The molecule has 2 saturated carbocycles. The summed E-state index contributed by atoms with van der Waals surface area (Å²) in [5, 5.41) is 0.866. The van der Waals surface area contributed by atoms with Crippen LogP contribution in [0.25, 0.3) is 27.0 Å². The lowest BCUT2D eigenvalue weighted by molar-refractivity contribution is 0.0882. The maximum atomic E-state index is 16.8. The van der Waals surface area contributed by atoms with E-state index in [2.05, 4.69) is 14.7 Å². The third kappa shape index (κ3) is 4.28. The van der Waals surface area contributed by atoms with Gasteiger partial charge >= 0.3 is 6.01 Å². The standard InChI is InChI=1S/C32H34ClF2N7O2/c1-37-13-17-10-32(11-17)16-43-29-24-27(25(35)26(38-29)21-8-20(36)9-22(33)23(21)18-4-5-18)39-30(40-28(24)41(32)2)44-15-31-6-3-7-42(31)14-19(34)12-31/h8-9,17-19H,3-7,10-16,36H2,2H3/t17?,19-,31+,32?/m1/s1. The fraction of sp³-hybridized carbons (Fsp3) is 0.562. The van der Waals surface area contributed by atoms with E-state index in [0.717, 1.165) is 50.6 Å². The molecule has 0 radical (unpaired) electrons. The number of fused-ring (bicyclic) bond motifs is 1. The van der Waals surface area contributed by atoms with Crippen molar-refractivity contribution in [1.82, 2.24) is 19.9 Å². The highest BCUT2D eigenvalue weighted by atomic mass is 35.5. The van der Waals surface area contributed by atoms with E-state index in [1.807, 2.05) is 11.9 Å². The molecule has 1 spiro atoms. The highest BCUT2D eigenvalue weighted by molar-refractivity contribution is 6.32. The van der Waals surface area contributed by atoms with E-state index in [1.165, 1.54) is 0 Å². The van der Waals surface area contributed by atoms with Crippen molar-refractivity contribution in [3.05, 3.63) is 40.0 Å². The van der Waals surface area contributed by atoms with Crippen LogP contribution in [0.3, 0.4) is 0 Å². The molecule has 2 aliphatic carbocycles. The van der Waals surface area contributed by atoms with Crippen molar-refractivity contribution < 1.29 is 18.3 Å². The zero-order chi connectivity index (χ0) is 30.4. The SMILES string of the molecule is [C-]#[N+]CC1CC2(COc3nc(-c4cc(N)cc(Cl)c4C4CC4)c(F)c4nc(OC[C@@]56CCCN5C[C@H](F)C6)nc(c34)N2C)C1. The number of alkyl halides is 1. The van der Waals surface area contributed by atoms with Crippen molar-refractivity contribution in [3.63, 3.8) is 0 Å². The lowest BCUT2D eigenvalue weighted by Gasteiger charge is -2.50. The number of likely N-dealkylation sites (N-methyl/N-ethyl adjacent to an activating group) is 1. The number of hydrogen-bond acceptors (Lipinski definition) is 8. The molecule has 12 heteroatoms. The number of nitrogens with zero attached hydrogens (tertiary/aromatic N) is 6. The van der Waals surface area contributed by atoms with Gasteiger partial charge in [-0.05, 0) is 68.7 Å². The van der Waals surface area contributed by atoms with Crippen LogP contribution in [0.4, 0.5) is 20.3 Å². The minimum absolute atomic E-state index is 0.0342. The predicted molar refractivity (Wildman–Crippen MR) is 163 cm³/mol. The number of nitrogens with two attached hydrogens (primary N) is 1. The first-order chi connectivity index (χ1) is 21.2. The van der Waals surface area contributed by atoms with Gasteiger partial charge in [0.15, 0.2) is 5.82 Å². The van der Waals surface area contributed by atoms with E-state index in [4.69, 9.17) is 43.3 Å². The quantitative estimate of drug-likeness (QED) is 0.273. The Bertz CT molecular complexity index is 1720. The zero-order valence-electron chi connectivity index (χ0n) is 24.6. The molecule has 9 nitrogen and oxygen atoms in total. The van der Waals surface area contributed by atoms with Crippen molar-refractivity contribution in [3.8, 4) is 23.1 Å². The van der Waals surface area contributed by atoms with Crippen molar-refractivity contribution in [2.75, 3.05) is 50.5 Å². The second-order valence-electron chi connectivity index (χ2n) is 13.4. The molecular formula is C32H34ClF2N7O2. The summed E-state index contributed by atoms with van der Waals surface area (Å²) in [5.74, 6) is 0.538. The van der Waals surface area contributed by atoms with Crippen LogP contribution >= 0.6 is 11.6 Å². The number of anilines is 2. The normalized spacial score (nSPS) is 29.3. The molecule has 2 aromatic heterocycles. The topological polar surface area (TPSA) is 94.0 Å². The first-order valence-electron chi connectivity index (χ1n) is 15.4. The number of benzene rings is 1. The van der Waals surface area contributed by atoms with Gasteiger partial charge in [-0.2, -0.15) is 9.97 Å². The van der Waals surface area contributed by atoms with Gasteiger partial charge in [-0.3, -0.25) is 4.90 Å². The molecule has 4 fully saturated rings. The lowest BCUT2D eigenvalue weighted by atomic mass is 9.67. The summed E-state index contributed by atoms with van der Waals surface area (Å²) < 4.78 is 44.0. The van der Waals surface area contributed by atoms with E-state index in [9.17, 15) is 4.39 Å². The van der Waals surface area contributed by atoms with Crippen LogP contribution < -0.4 is 20.1 Å². The largest absolute Gasteiger partial charge is 0.475 e. The number of hydrogen-bond donors (Lipinski definition) is 1. The van der Waals surface area contributed by atoms with Crippen LogP contribution in [0.2, 0.25) is 5.02 Å². The second kappa shape index (κ2) is 10.0. The fourth-order valence-corrected chi connectivity index (χ4v) is 8.53. The summed E-state index contributed by atoms with van der Waals surface area (Å²) in [6, 6.07) is 3.45. The Balaban J connectivity index is 1.27. The minimum Gasteiger partial charge on any atom is -0.475 e. The smallest absolute Gasteiger partial charge is 0.319 e. The van der Waals surface area contributed by atoms with Gasteiger partial charge < -0.3 is 25.0 Å². The van der Waals surface area contributed by atoms with Crippen molar-refractivity contribution >= 4 is 34.0 Å². The van der Waals surface area contributed by atoms with Gasteiger partial charge in [-0.25, -0.2) is 20.3 Å². The number of rotatable bonds is 6. The zero-order valence-corrected chi connectivity index (χ0v) is 25.3. The molecule has 2 atom stereocenters. The van der Waals surface area contributed by atoms with E-state index < -0.39 is 23.1 Å². The molecule has 0 unspecified atom stereocenters. The number of nitrogen functional groups attached to an aromatic ring is 1. The van der Waals surface area contributed by atoms with Crippen LogP contribution in [-0.2, 0) is 0 Å². The number of halogens is 3. The average Bonchev–Trinajstić information content (AvgIpc) is 3.67. The van der Waals surface area contributed by atoms with E-state index in [0.29, 0.717) is 53.6 Å². The molecular weight excluding hydrogens is 588 g/mol. The van der Waals surface area contributed by atoms with Gasteiger partial charge in [0.05, 0.1) is 11.1 Å². The number of pyridine rings is 1. The lowest BCUT2D eigenvalue weighted by Crippen LogP contribution is -2.60. The molecule has 2 N–H and O–H groups in total. The Morgan fingerprint density at radius 2 is 2.05 bits per heavy atom. The van der Waals surface area contributed by atoms with Crippen LogP contribution in [0.15, 0.2) is 12.1 Å². The van der Waals surface area contributed by atoms with E-state index in [-0.39, 0.29) is 41.5 Å². The fourth-order valence-electron chi connectivity index (χ4n) is 8.15. The number of ether oxygens (including phenoxy) is 2. The van der Waals surface area contributed by atoms with Gasteiger partial charge in [-0.1, -0.05) is 11.6 Å². The Labute approximate surface area is 259 Å². The first kappa shape index (κ1) is 28.0. The molecule has 5 aliphatic rings. The van der Waals surface area contributed by atoms with Gasteiger partial charge in [0.1, 0.15) is 41.8 Å². The molecule has 3 aromatic rings. The highest BCUT2D eigenvalue weighted by Crippen LogP contribution is 2.52. The molecule has 0 bridgehead atoms. The van der Waals surface area contributed by atoms with E-state index in [1.54, 1.807) is 12.1 Å². The first-order valence-corrected chi connectivity index (χ1v) is 15.8. The Hall–Kier alpha value is -3.49. The summed E-state index contributed by atoms with van der Waals surface area (Å²) in [7, 11) is 1.93. The molecule has 0 amide bonds. The molecule has 44 heavy (non-hydrogen) atoms. The van der Waals surface area contributed by atoms with Crippen LogP contribution in [0.1, 0.15) is 56.4 Å². The molecule has 1 aromatic carbocycles. The Kier molecular flexibility index (Phi) is 6.37. The second-order valence-corrected chi connectivity index (χ2v) is 13.8. The van der Waals surface area contributed by atoms with Crippen molar-refractivity contribution in [2.45, 2.75) is 68.1 Å². The van der Waals surface area contributed by atoms with Crippen LogP contribution in [0, 0.1) is 18.3 Å². The summed E-state index contributed by atoms with van der Waals surface area (Å²) in [5.41, 5.74) is 7.26. The number of aromatic nitrogens is 3. The molecule has 5 heterocycles. The summed E-state index contributed by atoms with van der Waals surface area (Å²) in [6.45, 7) is 9.54. The van der Waals surface area contributed by atoms with Gasteiger partial charge in [0.2, 0.25) is 12.4 Å². The van der Waals surface area contributed by atoms with Crippen LogP contribution in [-0.4, -0.2) is 77.0 Å². The average molecular weight is 622 g/mol. The van der Waals surface area contributed by atoms with Crippen molar-refractivity contribution in [1.29, 1.82) is 0 Å². The molecule has 230 valence electrons. The Morgan fingerprint density at radius 3 is 2.82 bits per heavy atom. The van der Waals surface area contributed by atoms with E-state index >= 15 is 4.39 Å². The molecule has 3 aliphatic heterocycles. The van der Waals surface area contributed by atoms with Gasteiger partial charge in [0, 0.05) is 42.2 Å². The third-order valence-electron chi connectivity index (χ3n) is 10.5. The summed E-state index contributed by atoms with van der Waals surface area (Å²) in [6.07, 6.45) is 4.71. The minimum atomic E-state index is -0.898. The molecule has 8 rings (SSSR count).